The van der Waals surface area contributed by atoms with Crippen LogP contribution >= 0.6 is 7.72 Å². The van der Waals surface area contributed by atoms with Gasteiger partial charge in [-0.1, -0.05) is 0 Å². The van der Waals surface area contributed by atoms with E-state index < -0.39 is 19.5 Å². The molecule has 0 atom stereocenters. The van der Waals surface area contributed by atoms with Crippen LogP contribution in [0.25, 0.3) is 6.08 Å². The van der Waals surface area contributed by atoms with Crippen molar-refractivity contribution in [2.24, 2.45) is 0 Å². The molecule has 0 heterocycles. The summed E-state index contributed by atoms with van der Waals surface area (Å²) in [6, 6.07) is 9.57. The Balaban J connectivity index is 2.50. The number of benzene rings is 2. The Hall–Kier alpha value is -1.88. The Labute approximate surface area is 157 Å². The van der Waals surface area contributed by atoms with Gasteiger partial charge in [-0.3, -0.25) is 0 Å². The first-order valence-corrected chi connectivity index (χ1v) is 10.4. The summed E-state index contributed by atoms with van der Waals surface area (Å²) >= 11 is 0. The summed E-state index contributed by atoms with van der Waals surface area (Å²) in [6.45, 7) is 9.51. The van der Waals surface area contributed by atoms with Crippen LogP contribution in [0.2, 0.25) is 0 Å². The van der Waals surface area contributed by atoms with E-state index in [1.807, 2.05) is 13.8 Å². The summed E-state index contributed by atoms with van der Waals surface area (Å²) in [4.78, 5) is 11.3. The van der Waals surface area contributed by atoms with Crippen molar-refractivity contribution in [3.8, 4) is 5.75 Å². The quantitative estimate of drug-likeness (QED) is 0.685. The van der Waals surface area contributed by atoms with Gasteiger partial charge in [-0.15, -0.1) is 0 Å². The summed E-state index contributed by atoms with van der Waals surface area (Å²) in [6.07, 6.45) is -2.86. The second-order valence-electron chi connectivity index (χ2n) is 6.28. The van der Waals surface area contributed by atoms with E-state index in [0.717, 1.165) is 12.1 Å². The summed E-state index contributed by atoms with van der Waals surface area (Å²) in [5, 5.41) is 0.847. The van der Waals surface area contributed by atoms with Crippen molar-refractivity contribution in [1.82, 2.24) is 0 Å². The van der Waals surface area contributed by atoms with Crippen LogP contribution in [0.3, 0.4) is 0 Å². The molecule has 0 fully saturated rings. The summed E-state index contributed by atoms with van der Waals surface area (Å²) in [7, 11) is -3.66. The van der Waals surface area contributed by atoms with Crippen LogP contribution < -0.4 is 15.3 Å². The van der Waals surface area contributed by atoms with Gasteiger partial charge in [-0.2, -0.15) is 0 Å². The fourth-order valence-corrected chi connectivity index (χ4v) is 5.07. The SMILES string of the molecule is C=Cc1cc([PH](O)(OCC)c2ccc(C(F)(F)F)cc2)ccc1OC(C)C. The van der Waals surface area contributed by atoms with Crippen LogP contribution in [-0.4, -0.2) is 17.6 Å². The molecule has 2 aromatic carbocycles. The normalized spacial score (nSPS) is 12.9. The average molecular weight is 400 g/mol. The fraction of sp³-hybridized carbons (Fsp3) is 0.300. The molecule has 2 aromatic rings. The average Bonchev–Trinajstić information content (AvgIpc) is 2.61. The number of alkyl halides is 3. The van der Waals surface area contributed by atoms with Gasteiger partial charge in [0.1, 0.15) is 0 Å². The molecule has 0 amide bonds. The predicted octanol–water partition coefficient (Wildman–Crippen LogP) is 4.70. The van der Waals surface area contributed by atoms with E-state index >= 15 is 0 Å². The third-order valence-corrected chi connectivity index (χ3v) is 6.86. The first kappa shape index (κ1) is 21.4. The van der Waals surface area contributed by atoms with E-state index in [4.69, 9.17) is 9.26 Å². The van der Waals surface area contributed by atoms with Gasteiger partial charge in [-0.25, -0.2) is 0 Å². The van der Waals surface area contributed by atoms with Crippen molar-refractivity contribution < 1.29 is 27.3 Å². The molecule has 0 aliphatic carbocycles. The molecule has 27 heavy (non-hydrogen) atoms. The zero-order valence-corrected chi connectivity index (χ0v) is 16.5. The molecule has 0 aliphatic rings. The maximum atomic E-state index is 12.8. The third-order valence-electron chi connectivity index (χ3n) is 3.94. The molecule has 148 valence electrons. The molecule has 0 bridgehead atoms. The van der Waals surface area contributed by atoms with Crippen LogP contribution in [0.4, 0.5) is 13.2 Å². The van der Waals surface area contributed by atoms with Crippen molar-refractivity contribution in [2.75, 3.05) is 6.61 Å². The monoisotopic (exact) mass is 400 g/mol. The predicted molar refractivity (Wildman–Crippen MR) is 105 cm³/mol. The zero-order chi connectivity index (χ0) is 20.2. The molecule has 0 unspecified atom stereocenters. The first-order chi connectivity index (χ1) is 12.6. The molecule has 0 radical (unpaired) electrons. The number of ether oxygens (including phenoxy) is 1. The van der Waals surface area contributed by atoms with Gasteiger partial charge < -0.3 is 0 Å². The first-order valence-electron chi connectivity index (χ1n) is 8.59. The minimum atomic E-state index is -4.43. The van der Waals surface area contributed by atoms with Gasteiger partial charge in [0.2, 0.25) is 0 Å². The molecule has 0 saturated heterocycles. The van der Waals surface area contributed by atoms with Gasteiger partial charge in [0.15, 0.2) is 0 Å². The zero-order valence-electron chi connectivity index (χ0n) is 15.5. The maximum absolute atomic E-state index is 12.8. The number of hydrogen-bond donors (Lipinski definition) is 1. The van der Waals surface area contributed by atoms with Crippen LogP contribution in [0.1, 0.15) is 31.9 Å². The van der Waals surface area contributed by atoms with Gasteiger partial charge in [-0.05, 0) is 0 Å². The minimum absolute atomic E-state index is 0.0347. The van der Waals surface area contributed by atoms with E-state index in [1.165, 1.54) is 12.1 Å². The van der Waals surface area contributed by atoms with Crippen molar-refractivity contribution in [1.29, 1.82) is 0 Å². The second kappa shape index (κ2) is 8.42. The van der Waals surface area contributed by atoms with E-state index in [2.05, 4.69) is 6.58 Å². The Morgan fingerprint density at radius 3 is 2.19 bits per heavy atom. The van der Waals surface area contributed by atoms with Crippen LogP contribution in [0, 0.1) is 0 Å². The van der Waals surface area contributed by atoms with E-state index in [9.17, 15) is 18.1 Å². The van der Waals surface area contributed by atoms with Gasteiger partial charge in [0.25, 0.3) is 0 Å². The van der Waals surface area contributed by atoms with Crippen LogP contribution in [0.15, 0.2) is 49.0 Å². The fourth-order valence-electron chi connectivity index (χ4n) is 2.71. The Kier molecular flexibility index (Phi) is 6.68. The molecule has 0 aromatic heterocycles. The second-order valence-corrected chi connectivity index (χ2v) is 9.01. The van der Waals surface area contributed by atoms with Gasteiger partial charge >= 0.3 is 157 Å². The molecular formula is C20H24F3O3P. The van der Waals surface area contributed by atoms with E-state index in [0.29, 0.717) is 21.9 Å². The van der Waals surface area contributed by atoms with E-state index in [1.54, 1.807) is 31.2 Å². The Morgan fingerprint density at radius 2 is 1.70 bits per heavy atom. The van der Waals surface area contributed by atoms with Gasteiger partial charge in [0.05, 0.1) is 0 Å². The van der Waals surface area contributed by atoms with Crippen LogP contribution in [-0.2, 0) is 10.7 Å². The third kappa shape index (κ3) is 4.89. The van der Waals surface area contributed by atoms with Crippen molar-refractivity contribution >= 4 is 24.4 Å². The molecule has 2 rings (SSSR count). The Morgan fingerprint density at radius 1 is 1.11 bits per heavy atom. The Bertz CT molecular complexity index is 788. The van der Waals surface area contributed by atoms with E-state index in [-0.39, 0.29) is 12.7 Å². The summed E-state index contributed by atoms with van der Waals surface area (Å²) in [5.74, 6) is 0.615. The summed E-state index contributed by atoms with van der Waals surface area (Å²) in [5.41, 5.74) is -0.0923. The molecule has 0 spiro atoms. The molecule has 0 saturated carbocycles. The van der Waals surface area contributed by atoms with Crippen molar-refractivity contribution in [3.63, 3.8) is 0 Å². The topological polar surface area (TPSA) is 38.7 Å². The molecular weight excluding hydrogens is 376 g/mol. The number of hydrogen-bond acceptors (Lipinski definition) is 3. The molecule has 7 heteroatoms. The standard InChI is InChI=1S/C20H24F3O3P/c1-5-15-13-18(11-12-19(15)26-14(3)4)27(24,25-6-2)17-9-7-16(8-10-17)20(21,22)23/h5,7-14,24,27H,1,6H2,2-4H3. The van der Waals surface area contributed by atoms with Gasteiger partial charge in [0, 0.05) is 0 Å². The molecule has 1 N–H and O–H groups in total. The molecule has 0 aliphatic heterocycles. The summed E-state index contributed by atoms with van der Waals surface area (Å²) < 4.78 is 49.9. The van der Waals surface area contributed by atoms with Crippen molar-refractivity contribution in [3.05, 3.63) is 60.2 Å². The number of halogens is 3. The van der Waals surface area contributed by atoms with Crippen LogP contribution in [0.5, 0.6) is 5.75 Å². The van der Waals surface area contributed by atoms with Crippen molar-refractivity contribution in [2.45, 2.75) is 33.1 Å². The number of rotatable bonds is 7. The molecule has 3 nitrogen and oxygen atoms in total.